The van der Waals surface area contributed by atoms with Crippen LogP contribution in [-0.2, 0) is 16.4 Å². The maximum Gasteiger partial charge on any atom is 0.271 e. The standard InChI is InChI=1S/C19H15FN6O3S2/c1-31(28,29)15-4-2-12(3-5-15)19-23-16(11-30-19)18(27)22-9-14-10-26(25-24-14)17-8-13(20)6-7-21-17/h2-8,10-11H,9H2,1H3,(H,22,27). The Morgan fingerprint density at radius 3 is 2.71 bits per heavy atom. The molecule has 1 aromatic carbocycles. The molecule has 0 radical (unpaired) electrons. The first-order valence-corrected chi connectivity index (χ1v) is 11.6. The number of benzene rings is 1. The first-order chi connectivity index (χ1) is 14.8. The van der Waals surface area contributed by atoms with E-state index in [4.69, 9.17) is 0 Å². The molecule has 3 heterocycles. The number of amides is 1. The van der Waals surface area contributed by atoms with Crippen LogP contribution in [0.4, 0.5) is 4.39 Å². The van der Waals surface area contributed by atoms with E-state index in [1.807, 2.05) is 0 Å². The summed E-state index contributed by atoms with van der Waals surface area (Å²) in [5.41, 5.74) is 1.40. The third-order valence-electron chi connectivity index (χ3n) is 4.18. The molecule has 0 saturated carbocycles. The van der Waals surface area contributed by atoms with Gasteiger partial charge in [-0.25, -0.2) is 27.5 Å². The van der Waals surface area contributed by atoms with Gasteiger partial charge < -0.3 is 5.32 Å². The molecule has 0 aliphatic carbocycles. The van der Waals surface area contributed by atoms with Crippen LogP contribution in [0.25, 0.3) is 16.4 Å². The van der Waals surface area contributed by atoms with Crippen molar-refractivity contribution >= 4 is 27.1 Å². The molecule has 9 nitrogen and oxygen atoms in total. The van der Waals surface area contributed by atoms with Crippen molar-refractivity contribution in [3.8, 4) is 16.4 Å². The molecule has 31 heavy (non-hydrogen) atoms. The van der Waals surface area contributed by atoms with Crippen LogP contribution < -0.4 is 5.32 Å². The number of halogens is 1. The fourth-order valence-electron chi connectivity index (χ4n) is 2.63. The van der Waals surface area contributed by atoms with Gasteiger partial charge in [-0.1, -0.05) is 17.3 Å². The maximum absolute atomic E-state index is 13.3. The Kier molecular flexibility index (Phi) is 5.57. The third-order valence-corrected chi connectivity index (χ3v) is 6.20. The van der Waals surface area contributed by atoms with Crippen molar-refractivity contribution in [2.24, 2.45) is 0 Å². The van der Waals surface area contributed by atoms with E-state index in [0.717, 1.165) is 6.26 Å². The molecule has 0 atom stereocenters. The van der Waals surface area contributed by atoms with E-state index < -0.39 is 21.6 Å². The van der Waals surface area contributed by atoms with E-state index in [1.54, 1.807) is 17.5 Å². The summed E-state index contributed by atoms with van der Waals surface area (Å²) in [5, 5.41) is 12.7. The van der Waals surface area contributed by atoms with E-state index in [0.29, 0.717) is 16.3 Å². The van der Waals surface area contributed by atoms with Crippen LogP contribution in [-0.4, -0.2) is 45.5 Å². The fraction of sp³-hybridized carbons (Fsp3) is 0.105. The molecule has 1 amide bonds. The Morgan fingerprint density at radius 2 is 2.00 bits per heavy atom. The van der Waals surface area contributed by atoms with Crippen LogP contribution in [0, 0.1) is 5.82 Å². The quantitative estimate of drug-likeness (QED) is 0.471. The van der Waals surface area contributed by atoms with Crippen molar-refractivity contribution in [3.63, 3.8) is 0 Å². The second-order valence-electron chi connectivity index (χ2n) is 6.50. The van der Waals surface area contributed by atoms with Gasteiger partial charge in [0.2, 0.25) is 0 Å². The molecule has 4 aromatic rings. The van der Waals surface area contributed by atoms with Crippen molar-refractivity contribution in [1.29, 1.82) is 0 Å². The van der Waals surface area contributed by atoms with E-state index in [1.165, 1.54) is 52.7 Å². The molecule has 0 bridgehead atoms. The van der Waals surface area contributed by atoms with E-state index in [2.05, 4.69) is 25.6 Å². The minimum atomic E-state index is -3.28. The van der Waals surface area contributed by atoms with Gasteiger partial charge in [0.05, 0.1) is 17.6 Å². The molecule has 0 spiro atoms. The third kappa shape index (κ3) is 4.81. The smallest absolute Gasteiger partial charge is 0.271 e. The number of aromatic nitrogens is 5. The SMILES string of the molecule is CS(=O)(=O)c1ccc(-c2nc(C(=O)NCc3cn(-c4cc(F)ccn4)nn3)cs2)cc1. The zero-order valence-corrected chi connectivity index (χ0v) is 17.7. The van der Waals surface area contributed by atoms with Crippen LogP contribution in [0.15, 0.2) is 59.1 Å². The highest BCUT2D eigenvalue weighted by atomic mass is 32.2. The minimum absolute atomic E-state index is 0.101. The molecule has 0 fully saturated rings. The maximum atomic E-state index is 13.3. The number of nitrogens with zero attached hydrogens (tertiary/aromatic N) is 5. The summed E-state index contributed by atoms with van der Waals surface area (Å²) in [6.07, 6.45) is 4.00. The van der Waals surface area contributed by atoms with Crippen molar-refractivity contribution < 1.29 is 17.6 Å². The Hall–Kier alpha value is -3.51. The van der Waals surface area contributed by atoms with Gasteiger partial charge in [0.15, 0.2) is 15.7 Å². The zero-order valence-electron chi connectivity index (χ0n) is 16.1. The number of carbonyl (C=O) groups is 1. The number of rotatable bonds is 6. The number of hydrogen-bond donors (Lipinski definition) is 1. The largest absolute Gasteiger partial charge is 0.345 e. The lowest BCUT2D eigenvalue weighted by Gasteiger charge is -2.01. The normalized spacial score (nSPS) is 11.4. The van der Waals surface area contributed by atoms with Crippen LogP contribution >= 0.6 is 11.3 Å². The zero-order chi connectivity index (χ0) is 22.0. The molecule has 3 aromatic heterocycles. The van der Waals surface area contributed by atoms with Gasteiger partial charge in [-0.15, -0.1) is 16.4 Å². The molecule has 0 unspecified atom stereocenters. The average molecular weight is 459 g/mol. The van der Waals surface area contributed by atoms with Gasteiger partial charge in [-0.2, -0.15) is 0 Å². The van der Waals surface area contributed by atoms with Gasteiger partial charge >= 0.3 is 0 Å². The number of nitrogens with one attached hydrogen (secondary N) is 1. The predicted octanol–water partition coefficient (Wildman–Crippen LogP) is 2.26. The summed E-state index contributed by atoms with van der Waals surface area (Å²) >= 11 is 1.27. The molecule has 12 heteroatoms. The molecule has 158 valence electrons. The number of hydrogen-bond acceptors (Lipinski definition) is 8. The Labute approximate surface area is 180 Å². The summed E-state index contributed by atoms with van der Waals surface area (Å²) in [6, 6.07) is 8.75. The Balaban J connectivity index is 1.41. The minimum Gasteiger partial charge on any atom is -0.345 e. The van der Waals surface area contributed by atoms with Crippen molar-refractivity contribution in [2.75, 3.05) is 6.26 Å². The number of sulfone groups is 1. The number of pyridine rings is 1. The number of thiazole rings is 1. The lowest BCUT2D eigenvalue weighted by Crippen LogP contribution is -2.23. The molecular weight excluding hydrogens is 443 g/mol. The highest BCUT2D eigenvalue weighted by Crippen LogP contribution is 2.25. The van der Waals surface area contributed by atoms with Gasteiger partial charge in [0.1, 0.15) is 22.2 Å². The Bertz CT molecular complexity index is 1350. The van der Waals surface area contributed by atoms with Crippen LogP contribution in [0.1, 0.15) is 16.2 Å². The van der Waals surface area contributed by atoms with Gasteiger partial charge in [-0.05, 0) is 18.2 Å². The Morgan fingerprint density at radius 1 is 1.23 bits per heavy atom. The first-order valence-electron chi connectivity index (χ1n) is 8.87. The summed E-state index contributed by atoms with van der Waals surface area (Å²) in [7, 11) is -3.28. The van der Waals surface area contributed by atoms with Crippen LogP contribution in [0.3, 0.4) is 0 Å². The van der Waals surface area contributed by atoms with E-state index >= 15 is 0 Å². The molecular formula is C19H15FN6O3S2. The molecule has 0 saturated heterocycles. The highest BCUT2D eigenvalue weighted by Gasteiger charge is 2.14. The van der Waals surface area contributed by atoms with Crippen molar-refractivity contribution in [3.05, 3.63) is 71.4 Å². The predicted molar refractivity (Wildman–Crippen MR) is 111 cm³/mol. The summed E-state index contributed by atoms with van der Waals surface area (Å²) < 4.78 is 37.7. The van der Waals surface area contributed by atoms with Gasteiger partial charge in [-0.3, -0.25) is 4.79 Å². The first kappa shape index (κ1) is 20.8. The molecule has 0 aliphatic rings. The fourth-order valence-corrected chi connectivity index (χ4v) is 4.06. The summed E-state index contributed by atoms with van der Waals surface area (Å²) in [4.78, 5) is 20.9. The van der Waals surface area contributed by atoms with E-state index in [9.17, 15) is 17.6 Å². The van der Waals surface area contributed by atoms with Crippen LogP contribution in [0.5, 0.6) is 0 Å². The second kappa shape index (κ2) is 8.32. The van der Waals surface area contributed by atoms with Crippen LogP contribution in [0.2, 0.25) is 0 Å². The highest BCUT2D eigenvalue weighted by molar-refractivity contribution is 7.90. The monoisotopic (exact) mass is 458 g/mol. The summed E-state index contributed by atoms with van der Waals surface area (Å²) in [6.45, 7) is 0.101. The van der Waals surface area contributed by atoms with Gasteiger partial charge in [0.25, 0.3) is 5.91 Å². The average Bonchev–Trinajstić information content (AvgIpc) is 3.42. The van der Waals surface area contributed by atoms with E-state index in [-0.39, 0.29) is 23.0 Å². The van der Waals surface area contributed by atoms with Gasteiger partial charge in [0, 0.05) is 29.5 Å². The lowest BCUT2D eigenvalue weighted by atomic mass is 10.2. The second-order valence-corrected chi connectivity index (χ2v) is 9.38. The van der Waals surface area contributed by atoms with Crippen molar-refractivity contribution in [2.45, 2.75) is 11.4 Å². The molecule has 1 N–H and O–H groups in total. The number of carbonyl (C=O) groups excluding carboxylic acids is 1. The lowest BCUT2D eigenvalue weighted by molar-refractivity contribution is 0.0946. The van der Waals surface area contributed by atoms with Crippen molar-refractivity contribution in [1.82, 2.24) is 30.3 Å². The molecule has 4 rings (SSSR count). The topological polar surface area (TPSA) is 120 Å². The summed E-state index contributed by atoms with van der Waals surface area (Å²) in [5.74, 6) is -0.564. The molecule has 0 aliphatic heterocycles.